The van der Waals surface area contributed by atoms with Gasteiger partial charge in [0.2, 0.25) is 0 Å². The van der Waals surface area contributed by atoms with Crippen molar-refractivity contribution in [3.8, 4) is 29.1 Å². The number of benzene rings is 4. The number of aliphatic hydroxyl groups is 3. The lowest BCUT2D eigenvalue weighted by atomic mass is 9.76. The molecule has 1 saturated carbocycles. The van der Waals surface area contributed by atoms with Gasteiger partial charge in [-0.25, -0.2) is 0 Å². The second-order valence-electron chi connectivity index (χ2n) is 19.4. The summed E-state index contributed by atoms with van der Waals surface area (Å²) in [5.41, 5.74) is 20.3. The summed E-state index contributed by atoms with van der Waals surface area (Å²) in [5.74, 6) is 7.48. The Bertz CT molecular complexity index is 2710. The van der Waals surface area contributed by atoms with E-state index in [-0.39, 0.29) is 61.0 Å². The zero-order valence-electron chi connectivity index (χ0n) is 39.5. The number of phenolic OH excluding ortho intramolecular Hbond substituents is 2. The van der Waals surface area contributed by atoms with Crippen molar-refractivity contribution in [2.24, 2.45) is 28.7 Å². The van der Waals surface area contributed by atoms with E-state index < -0.39 is 29.7 Å². The number of aryl methyl sites for hydroxylation is 2. The Morgan fingerprint density at radius 3 is 2.49 bits per heavy atom. The lowest BCUT2D eigenvalue weighted by molar-refractivity contribution is -0.114. The number of hydrogen-bond donors (Lipinski definition) is 8. The van der Waals surface area contributed by atoms with Gasteiger partial charge < -0.3 is 46.7 Å². The molecule has 5 aromatic rings. The van der Waals surface area contributed by atoms with E-state index in [1.807, 2.05) is 48.5 Å². The Balaban J connectivity index is 1.12. The van der Waals surface area contributed by atoms with Crippen LogP contribution < -0.4 is 16.2 Å². The minimum absolute atomic E-state index is 0.0193. The number of carbonyl (C=O) groups excluding carboxylic acids is 2. The van der Waals surface area contributed by atoms with Crippen molar-refractivity contribution in [2.75, 3.05) is 19.0 Å². The Hall–Kier alpha value is -5.30. The van der Waals surface area contributed by atoms with E-state index in [4.69, 9.17) is 16.2 Å². The molecule has 10 N–H and O–H groups in total. The van der Waals surface area contributed by atoms with E-state index in [9.17, 15) is 35.1 Å². The van der Waals surface area contributed by atoms with Gasteiger partial charge in [0, 0.05) is 65.3 Å². The molecule has 0 saturated heterocycles. The minimum atomic E-state index is -0.832. The number of ether oxygens (including phenoxy) is 1. The highest BCUT2D eigenvalue weighted by Crippen LogP contribution is 2.50. The molecule has 368 valence electrons. The molecule has 8 bridgehead atoms. The van der Waals surface area contributed by atoms with Crippen LogP contribution in [0.2, 0.25) is 0 Å². The Labute approximate surface area is 418 Å². The average Bonchev–Trinajstić information content (AvgIpc) is 3.96. The molecule has 3 aliphatic rings. The second kappa shape index (κ2) is 23.7. The maximum Gasteiger partial charge on any atom is 0.165 e. The van der Waals surface area contributed by atoms with Gasteiger partial charge in [0.1, 0.15) is 5.75 Å². The van der Waals surface area contributed by atoms with Crippen molar-refractivity contribution in [3.63, 3.8) is 0 Å². The predicted octanol–water partition coefficient (Wildman–Crippen LogP) is 8.76. The van der Waals surface area contributed by atoms with Crippen LogP contribution in [0.15, 0.2) is 103 Å². The average molecular weight is 984 g/mol. The lowest BCUT2D eigenvalue weighted by Gasteiger charge is -2.29. The Kier molecular flexibility index (Phi) is 17.3. The number of Topliss-reactive ketones (excluding diaryl/α,β-unsaturated/α-hetero) is 1. The number of nitrogens with two attached hydrogens (primary N) is 2. The van der Waals surface area contributed by atoms with Crippen LogP contribution in [0.5, 0.6) is 17.2 Å². The monoisotopic (exact) mass is 983 g/mol. The van der Waals surface area contributed by atoms with Crippen LogP contribution in [0.4, 0.5) is 0 Å². The zero-order valence-corrected chi connectivity index (χ0v) is 41.2. The third-order valence-electron chi connectivity index (χ3n) is 14.4. The first kappa shape index (κ1) is 51.1. The molecule has 2 heterocycles. The van der Waals surface area contributed by atoms with Crippen LogP contribution in [-0.4, -0.2) is 73.3 Å². The molecular weight excluding hydrogens is 919 g/mol. The first-order valence-corrected chi connectivity index (χ1v) is 27.0. The number of hydrogen-bond acceptors (Lipinski definition) is 12. The number of ketones is 2. The van der Waals surface area contributed by atoms with Crippen LogP contribution >= 0.6 is 21.6 Å². The van der Waals surface area contributed by atoms with Crippen molar-refractivity contribution in [1.82, 2.24) is 4.98 Å². The highest BCUT2D eigenvalue weighted by molar-refractivity contribution is 8.76. The fourth-order valence-electron chi connectivity index (χ4n) is 10.5. The third-order valence-corrected chi connectivity index (χ3v) is 16.9. The summed E-state index contributed by atoms with van der Waals surface area (Å²) >= 11 is 0. The number of aromatic amines is 1. The van der Waals surface area contributed by atoms with Crippen molar-refractivity contribution in [1.29, 1.82) is 0 Å². The number of rotatable bonds is 10. The molecule has 1 fully saturated rings. The van der Waals surface area contributed by atoms with Gasteiger partial charge in [0.05, 0.1) is 38.0 Å². The standard InChI is InChI=1S/C57H65N3O8S2/c58-56(59)47-28-40-7-4-8-50-45(19-23-60-50)53(66)30-48-46(40)29-41(47)34-69-70-35-42-31-57(32-54(42)67,21-17-38(25-44(63)33-61)10-9-36-5-2-1-3-6-36)22-18-43(62)14-11-37-13-16-52(65)55(27-37)68-24-20-39-12-15-51(64)49(48)26-39/h1-3,5-6,12-13,15-16,18-19,22-23,26-29,38,42,44,48,54,56,60-61,63-65,67H,8-11,14,17,20-21,24-25,30-35,58-59H2/b22-18+/t38-,42-,44-,48+,54+,57-/m0/s1. The molecule has 1 aliphatic heterocycles. The summed E-state index contributed by atoms with van der Waals surface area (Å²) in [6.45, 7) is -0.102. The van der Waals surface area contributed by atoms with E-state index in [2.05, 4.69) is 29.0 Å². The van der Waals surface area contributed by atoms with E-state index >= 15 is 0 Å². The van der Waals surface area contributed by atoms with Gasteiger partial charge >= 0.3 is 0 Å². The molecular formula is C57H65N3O8S2. The van der Waals surface area contributed by atoms with Crippen molar-refractivity contribution in [3.05, 3.63) is 159 Å². The van der Waals surface area contributed by atoms with Crippen molar-refractivity contribution in [2.45, 2.75) is 107 Å². The molecule has 0 radical (unpaired) electrons. The van der Waals surface area contributed by atoms with E-state index in [1.165, 1.54) is 5.56 Å². The predicted molar refractivity (Wildman–Crippen MR) is 278 cm³/mol. The van der Waals surface area contributed by atoms with Crippen LogP contribution in [0.25, 0.3) is 0 Å². The summed E-state index contributed by atoms with van der Waals surface area (Å²) in [6.07, 6.45) is 9.51. The largest absolute Gasteiger partial charge is 0.508 e. The van der Waals surface area contributed by atoms with Crippen LogP contribution in [0, 0.1) is 29.1 Å². The van der Waals surface area contributed by atoms with Crippen LogP contribution in [0.3, 0.4) is 0 Å². The smallest absolute Gasteiger partial charge is 0.165 e. The molecule has 11 nitrogen and oxygen atoms in total. The summed E-state index contributed by atoms with van der Waals surface area (Å²) in [7, 11) is 3.31. The molecule has 8 rings (SSSR count). The number of H-pyrrole nitrogens is 1. The lowest BCUT2D eigenvalue weighted by Crippen LogP contribution is -2.22. The molecule has 6 atom stereocenters. The number of aromatic hydroxyl groups is 2. The number of allylic oxidation sites excluding steroid dienone is 2. The number of aliphatic hydroxyl groups excluding tert-OH is 3. The molecule has 0 amide bonds. The van der Waals surface area contributed by atoms with E-state index in [0.717, 1.165) is 52.8 Å². The fraction of sp³-hybridized carbons (Fsp3) is 0.404. The molecule has 70 heavy (non-hydrogen) atoms. The molecule has 1 aromatic heterocycles. The molecule has 13 heteroatoms. The molecule has 0 spiro atoms. The summed E-state index contributed by atoms with van der Waals surface area (Å²) < 4.78 is 6.16. The minimum Gasteiger partial charge on any atom is -0.508 e. The second-order valence-corrected chi connectivity index (χ2v) is 21.9. The molecule has 4 aromatic carbocycles. The topological polar surface area (TPSA) is 212 Å². The van der Waals surface area contributed by atoms with Gasteiger partial charge in [-0.05, 0) is 138 Å². The fourth-order valence-corrected chi connectivity index (χ4v) is 13.0. The quantitative estimate of drug-likeness (QED) is 0.0375. The third kappa shape index (κ3) is 13.0. The first-order valence-electron chi connectivity index (χ1n) is 24.5. The molecule has 0 unspecified atom stereocenters. The van der Waals surface area contributed by atoms with Crippen molar-refractivity contribution >= 4 is 33.2 Å². The number of fused-ring (bicyclic) bond motifs is 9. The summed E-state index contributed by atoms with van der Waals surface area (Å²) in [5, 5.41) is 54.6. The number of nitrogens with one attached hydrogen (secondary N) is 1. The summed E-state index contributed by atoms with van der Waals surface area (Å²) in [4.78, 5) is 31.1. The maximum absolute atomic E-state index is 14.2. The van der Waals surface area contributed by atoms with E-state index in [1.54, 1.807) is 64.2 Å². The Morgan fingerprint density at radius 1 is 0.886 bits per heavy atom. The van der Waals surface area contributed by atoms with Crippen molar-refractivity contribution < 1.29 is 39.9 Å². The van der Waals surface area contributed by atoms with Gasteiger partial charge in [-0.3, -0.25) is 9.59 Å². The number of phenols is 2. The van der Waals surface area contributed by atoms with Gasteiger partial charge in [-0.15, -0.1) is 0 Å². The SMILES string of the molecule is NC(N)c1cc2c3cc1CSSC[C@@H]1C[C@](CC[C@H](CCc4ccccc4)C[C@H](O)CO)(/C=C/C(=O)CCc4ccc(O)c(c4)OCCc4ccc(O)c(c4)[C@@H]3CC(=O)c3cc[nH]c3CC#C2)C[C@H]1O. The van der Waals surface area contributed by atoms with Gasteiger partial charge in [0.15, 0.2) is 23.1 Å². The number of carbonyl (C=O) groups is 2. The summed E-state index contributed by atoms with van der Waals surface area (Å²) in [6, 6.07) is 26.5. The van der Waals surface area contributed by atoms with Gasteiger partial charge in [-0.2, -0.15) is 0 Å². The maximum atomic E-state index is 14.2. The molecule has 2 aliphatic carbocycles. The van der Waals surface area contributed by atoms with Gasteiger partial charge in [-0.1, -0.05) is 94.1 Å². The van der Waals surface area contributed by atoms with Gasteiger partial charge in [0.25, 0.3) is 0 Å². The van der Waals surface area contributed by atoms with Crippen LogP contribution in [-0.2, 0) is 36.2 Å². The number of aromatic nitrogens is 1. The first-order chi connectivity index (χ1) is 33.9. The van der Waals surface area contributed by atoms with Crippen LogP contribution in [0.1, 0.15) is 124 Å². The zero-order chi connectivity index (χ0) is 49.2. The normalized spacial score (nSPS) is 22.3. The highest BCUT2D eigenvalue weighted by Gasteiger charge is 2.43. The highest BCUT2D eigenvalue weighted by atomic mass is 33.1. The van der Waals surface area contributed by atoms with E-state index in [0.29, 0.717) is 78.9 Å². The Morgan fingerprint density at radius 2 is 1.69 bits per heavy atom.